The Hall–Kier alpha value is -3.19. The van der Waals surface area contributed by atoms with E-state index in [4.69, 9.17) is 9.52 Å². The van der Waals surface area contributed by atoms with E-state index in [1.54, 1.807) is 4.52 Å². The van der Waals surface area contributed by atoms with Crippen molar-refractivity contribution in [1.82, 2.24) is 19.8 Å². The summed E-state index contributed by atoms with van der Waals surface area (Å²) in [5, 5.41) is 15.3. The molecule has 0 aliphatic rings. The second-order valence-corrected chi connectivity index (χ2v) is 7.57. The molecule has 0 aliphatic heterocycles. The summed E-state index contributed by atoms with van der Waals surface area (Å²) in [4.78, 5) is 2.82. The van der Waals surface area contributed by atoms with E-state index in [1.165, 1.54) is 11.3 Å². The first kappa shape index (κ1) is 16.0. The van der Waals surface area contributed by atoms with Gasteiger partial charge in [0.2, 0.25) is 10.8 Å². The molecule has 0 saturated carbocycles. The fraction of sp³-hybridized carbons (Fsp3) is 0.150. The zero-order valence-corrected chi connectivity index (χ0v) is 16.0. The first-order valence-corrected chi connectivity index (χ1v) is 9.42. The molecule has 6 nitrogen and oxygen atoms in total. The van der Waals surface area contributed by atoms with Crippen LogP contribution in [0.3, 0.4) is 0 Å². The number of fused-ring (bicyclic) bond motifs is 2. The average Bonchev–Trinajstić information content (AvgIpc) is 3.35. The number of hydrogen-bond acceptors (Lipinski definition) is 6. The molecule has 0 fully saturated rings. The second-order valence-electron chi connectivity index (χ2n) is 6.62. The molecule has 0 saturated heterocycles. The highest BCUT2D eigenvalue weighted by Crippen LogP contribution is 2.34. The number of aromatic nitrogens is 4. The van der Waals surface area contributed by atoms with Crippen LogP contribution in [-0.2, 0) is 0 Å². The summed E-state index contributed by atoms with van der Waals surface area (Å²) >= 11 is 1.52. The van der Waals surface area contributed by atoms with Crippen LogP contribution in [0.2, 0.25) is 0 Å². The van der Waals surface area contributed by atoms with E-state index in [2.05, 4.69) is 45.4 Å². The Kier molecular flexibility index (Phi) is 3.51. The molecular weight excluding hydrogens is 358 g/mol. The minimum absolute atomic E-state index is 0.631. The highest BCUT2D eigenvalue weighted by molar-refractivity contribution is 7.19. The molecule has 0 bridgehead atoms. The predicted octanol–water partition coefficient (Wildman–Crippen LogP) is 4.64. The molecule has 134 valence electrons. The van der Waals surface area contributed by atoms with Crippen molar-refractivity contribution in [2.45, 2.75) is 6.92 Å². The van der Waals surface area contributed by atoms with E-state index in [0.717, 1.165) is 37.8 Å². The van der Waals surface area contributed by atoms with Gasteiger partial charge in [0.25, 0.3) is 0 Å². The van der Waals surface area contributed by atoms with Gasteiger partial charge in [-0.1, -0.05) is 29.5 Å². The Morgan fingerprint density at radius 1 is 1.00 bits per heavy atom. The largest absolute Gasteiger partial charge is 0.452 e. The van der Waals surface area contributed by atoms with Crippen molar-refractivity contribution in [2.24, 2.45) is 0 Å². The van der Waals surface area contributed by atoms with Gasteiger partial charge < -0.3 is 9.32 Å². The zero-order valence-electron chi connectivity index (χ0n) is 15.2. The third kappa shape index (κ3) is 2.50. The number of nitrogens with zero attached hydrogens (tertiary/aromatic N) is 5. The summed E-state index contributed by atoms with van der Waals surface area (Å²) in [6.45, 7) is 2.04. The predicted molar refractivity (Wildman–Crippen MR) is 108 cm³/mol. The zero-order chi connectivity index (χ0) is 18.5. The average molecular weight is 375 g/mol. The topological polar surface area (TPSA) is 59.5 Å². The monoisotopic (exact) mass is 375 g/mol. The maximum absolute atomic E-state index is 6.04. The highest BCUT2D eigenvalue weighted by Gasteiger charge is 2.20. The summed E-state index contributed by atoms with van der Waals surface area (Å²) in [7, 11) is 4.06. The number of para-hydroxylation sites is 1. The van der Waals surface area contributed by atoms with Crippen LogP contribution in [0.4, 0.5) is 5.69 Å². The number of anilines is 1. The van der Waals surface area contributed by atoms with E-state index in [9.17, 15) is 0 Å². The van der Waals surface area contributed by atoms with Gasteiger partial charge in [-0.25, -0.2) is 0 Å². The Morgan fingerprint density at radius 2 is 1.78 bits per heavy atom. The van der Waals surface area contributed by atoms with Crippen molar-refractivity contribution >= 4 is 33.0 Å². The van der Waals surface area contributed by atoms with Crippen LogP contribution in [0.1, 0.15) is 5.56 Å². The number of hydrogen-bond donors (Lipinski definition) is 0. The quantitative estimate of drug-likeness (QED) is 0.460. The summed E-state index contributed by atoms with van der Waals surface area (Å²) < 4.78 is 7.81. The molecule has 0 N–H and O–H groups in total. The molecule has 0 aliphatic carbocycles. The van der Waals surface area contributed by atoms with Crippen molar-refractivity contribution in [1.29, 1.82) is 0 Å². The van der Waals surface area contributed by atoms with Crippen molar-refractivity contribution in [3.8, 4) is 22.2 Å². The molecule has 0 amide bonds. The normalized spacial score (nSPS) is 11.5. The Balaban J connectivity index is 1.62. The SMILES string of the molecule is Cc1c(-c2nnc3sc(-c4ccc(N(C)C)cc4)nn23)oc2ccccc12. The Labute approximate surface area is 159 Å². The summed E-state index contributed by atoms with van der Waals surface area (Å²) in [6, 6.07) is 16.3. The van der Waals surface area contributed by atoms with Crippen LogP contribution in [0.15, 0.2) is 52.9 Å². The van der Waals surface area contributed by atoms with E-state index in [-0.39, 0.29) is 0 Å². The van der Waals surface area contributed by atoms with Crippen LogP contribution in [-0.4, -0.2) is 33.9 Å². The maximum Gasteiger partial charge on any atom is 0.235 e. The number of benzene rings is 2. The molecule has 0 radical (unpaired) electrons. The highest BCUT2D eigenvalue weighted by atomic mass is 32.1. The van der Waals surface area contributed by atoms with Crippen molar-refractivity contribution in [2.75, 3.05) is 19.0 Å². The summed E-state index contributed by atoms with van der Waals surface area (Å²) in [5.41, 5.74) is 4.10. The summed E-state index contributed by atoms with van der Waals surface area (Å²) in [5.74, 6) is 1.34. The van der Waals surface area contributed by atoms with Gasteiger partial charge in [-0.15, -0.1) is 10.2 Å². The van der Waals surface area contributed by atoms with Crippen LogP contribution in [0.25, 0.3) is 38.1 Å². The maximum atomic E-state index is 6.04. The molecule has 7 heteroatoms. The molecule has 2 aromatic carbocycles. The van der Waals surface area contributed by atoms with Gasteiger partial charge in [0.15, 0.2) is 5.76 Å². The van der Waals surface area contributed by atoms with Crippen molar-refractivity contribution in [3.63, 3.8) is 0 Å². The molecule has 0 spiro atoms. The fourth-order valence-electron chi connectivity index (χ4n) is 3.16. The first-order chi connectivity index (χ1) is 13.1. The van der Waals surface area contributed by atoms with Gasteiger partial charge in [0, 0.05) is 36.3 Å². The van der Waals surface area contributed by atoms with Crippen molar-refractivity contribution < 1.29 is 4.42 Å². The second kappa shape index (κ2) is 5.92. The Morgan fingerprint density at radius 3 is 2.52 bits per heavy atom. The van der Waals surface area contributed by atoms with Gasteiger partial charge in [-0.2, -0.15) is 9.61 Å². The fourth-order valence-corrected chi connectivity index (χ4v) is 4.01. The molecule has 5 aromatic rings. The van der Waals surface area contributed by atoms with E-state index < -0.39 is 0 Å². The molecule has 5 rings (SSSR count). The molecule has 3 heterocycles. The number of furan rings is 1. The van der Waals surface area contributed by atoms with Crippen LogP contribution < -0.4 is 4.90 Å². The minimum Gasteiger partial charge on any atom is -0.452 e. The molecule has 0 unspecified atom stereocenters. The number of rotatable bonds is 3. The third-order valence-corrected chi connectivity index (χ3v) is 5.62. The lowest BCUT2D eigenvalue weighted by Gasteiger charge is -2.11. The number of aryl methyl sites for hydroxylation is 1. The van der Waals surface area contributed by atoms with E-state index in [0.29, 0.717) is 11.6 Å². The lowest BCUT2D eigenvalue weighted by Crippen LogP contribution is -2.07. The summed E-state index contributed by atoms with van der Waals surface area (Å²) in [6.07, 6.45) is 0. The standard InChI is InChI=1S/C20H17N5OS/c1-12-15-6-4-5-7-16(15)26-17(12)18-21-22-20-25(18)23-19(27-20)13-8-10-14(11-9-13)24(2)3/h4-11H,1-3H3. The molecule has 27 heavy (non-hydrogen) atoms. The lowest BCUT2D eigenvalue weighted by molar-refractivity contribution is 0.619. The molecule has 3 aromatic heterocycles. The Bertz CT molecular complexity index is 1260. The van der Waals surface area contributed by atoms with Gasteiger partial charge in [0.05, 0.1) is 0 Å². The molecular formula is C20H17N5OS. The van der Waals surface area contributed by atoms with Crippen LogP contribution in [0.5, 0.6) is 0 Å². The van der Waals surface area contributed by atoms with Gasteiger partial charge in [0.1, 0.15) is 10.6 Å². The van der Waals surface area contributed by atoms with Crippen LogP contribution >= 0.6 is 11.3 Å². The smallest absolute Gasteiger partial charge is 0.235 e. The van der Waals surface area contributed by atoms with Gasteiger partial charge >= 0.3 is 0 Å². The minimum atomic E-state index is 0.631. The van der Waals surface area contributed by atoms with E-state index in [1.807, 2.05) is 39.2 Å². The van der Waals surface area contributed by atoms with Gasteiger partial charge in [-0.3, -0.25) is 0 Å². The van der Waals surface area contributed by atoms with E-state index >= 15 is 0 Å². The third-order valence-electron chi connectivity index (χ3n) is 4.67. The van der Waals surface area contributed by atoms with Crippen LogP contribution in [0, 0.1) is 6.92 Å². The van der Waals surface area contributed by atoms with Crippen molar-refractivity contribution in [3.05, 3.63) is 54.1 Å². The van der Waals surface area contributed by atoms with Gasteiger partial charge in [-0.05, 0) is 37.3 Å². The lowest BCUT2D eigenvalue weighted by atomic mass is 10.1. The molecule has 0 atom stereocenters. The first-order valence-electron chi connectivity index (χ1n) is 8.60.